The monoisotopic (exact) mass is 278 g/mol. The van der Waals surface area contributed by atoms with Gasteiger partial charge >= 0.3 is 0 Å². The van der Waals surface area contributed by atoms with Gasteiger partial charge in [0, 0.05) is 18.7 Å². The average molecular weight is 278 g/mol. The van der Waals surface area contributed by atoms with Crippen molar-refractivity contribution in [3.05, 3.63) is 33.9 Å². The van der Waals surface area contributed by atoms with E-state index in [4.69, 9.17) is 5.84 Å². The molecule has 6 nitrogen and oxygen atoms in total. The number of benzene rings is 1. The number of hydrogen-bond donors (Lipinski definition) is 2. The summed E-state index contributed by atoms with van der Waals surface area (Å²) in [4.78, 5) is 12.8. The lowest BCUT2D eigenvalue weighted by atomic mass is 9.82. The Morgan fingerprint density at radius 2 is 2.05 bits per heavy atom. The predicted octanol–water partition coefficient (Wildman–Crippen LogP) is 2.50. The fourth-order valence-electron chi connectivity index (χ4n) is 2.52. The Kier molecular flexibility index (Phi) is 4.25. The van der Waals surface area contributed by atoms with E-state index >= 15 is 0 Å². The SMILES string of the molecule is CC1(C)CCN(Cc2cc([N+](=O)[O-])ccc2NN)CC1. The molecular weight excluding hydrogens is 256 g/mol. The Hall–Kier alpha value is -1.66. The van der Waals surface area contributed by atoms with Crippen molar-refractivity contribution < 1.29 is 4.92 Å². The summed E-state index contributed by atoms with van der Waals surface area (Å²) >= 11 is 0. The van der Waals surface area contributed by atoms with Gasteiger partial charge in [0.15, 0.2) is 0 Å². The van der Waals surface area contributed by atoms with Crippen LogP contribution in [0.1, 0.15) is 32.3 Å². The summed E-state index contributed by atoms with van der Waals surface area (Å²) in [6, 6.07) is 4.74. The highest BCUT2D eigenvalue weighted by Gasteiger charge is 2.25. The quantitative estimate of drug-likeness (QED) is 0.502. The van der Waals surface area contributed by atoms with Gasteiger partial charge in [-0.05, 0) is 43.0 Å². The minimum atomic E-state index is -0.372. The number of nitrogens with zero attached hydrogens (tertiary/aromatic N) is 2. The summed E-state index contributed by atoms with van der Waals surface area (Å²) in [7, 11) is 0. The maximum Gasteiger partial charge on any atom is 0.269 e. The molecule has 1 aliphatic rings. The van der Waals surface area contributed by atoms with Crippen molar-refractivity contribution in [3.63, 3.8) is 0 Å². The molecule has 0 atom stereocenters. The van der Waals surface area contributed by atoms with Crippen molar-refractivity contribution in [1.29, 1.82) is 0 Å². The second-order valence-electron chi connectivity index (χ2n) is 6.18. The summed E-state index contributed by atoms with van der Waals surface area (Å²) in [6.45, 7) is 7.28. The van der Waals surface area contributed by atoms with Crippen molar-refractivity contribution in [2.45, 2.75) is 33.2 Å². The molecule has 6 heteroatoms. The first-order valence-corrected chi connectivity index (χ1v) is 6.87. The fourth-order valence-corrected chi connectivity index (χ4v) is 2.52. The van der Waals surface area contributed by atoms with Gasteiger partial charge in [0.2, 0.25) is 0 Å². The minimum Gasteiger partial charge on any atom is -0.324 e. The number of anilines is 1. The number of nitrogens with two attached hydrogens (primary N) is 1. The van der Waals surface area contributed by atoms with Gasteiger partial charge in [-0.15, -0.1) is 0 Å². The average Bonchev–Trinajstić information content (AvgIpc) is 2.41. The third kappa shape index (κ3) is 3.46. The van der Waals surface area contributed by atoms with Gasteiger partial charge in [-0.25, -0.2) is 0 Å². The van der Waals surface area contributed by atoms with Gasteiger partial charge in [0.05, 0.1) is 10.6 Å². The van der Waals surface area contributed by atoms with Crippen molar-refractivity contribution in [2.24, 2.45) is 11.3 Å². The van der Waals surface area contributed by atoms with Crippen molar-refractivity contribution in [1.82, 2.24) is 4.90 Å². The topological polar surface area (TPSA) is 84.4 Å². The van der Waals surface area contributed by atoms with Crippen LogP contribution in [0.15, 0.2) is 18.2 Å². The van der Waals surface area contributed by atoms with Gasteiger partial charge in [-0.3, -0.25) is 20.9 Å². The van der Waals surface area contributed by atoms with Crippen LogP contribution >= 0.6 is 0 Å². The van der Waals surface area contributed by atoms with Crippen LogP contribution in [0, 0.1) is 15.5 Å². The normalized spacial score (nSPS) is 18.8. The Morgan fingerprint density at radius 3 is 2.60 bits per heavy atom. The molecule has 1 saturated heterocycles. The van der Waals surface area contributed by atoms with Crippen LogP contribution in [-0.4, -0.2) is 22.9 Å². The molecule has 1 aliphatic heterocycles. The molecule has 1 heterocycles. The lowest BCUT2D eigenvalue weighted by Gasteiger charge is -2.37. The van der Waals surface area contributed by atoms with Crippen molar-refractivity contribution >= 4 is 11.4 Å². The highest BCUT2D eigenvalue weighted by Crippen LogP contribution is 2.31. The third-order valence-corrected chi connectivity index (χ3v) is 4.06. The molecule has 0 spiro atoms. The number of non-ortho nitro benzene ring substituents is 1. The van der Waals surface area contributed by atoms with Crippen LogP contribution in [0.2, 0.25) is 0 Å². The first kappa shape index (κ1) is 14.7. The first-order chi connectivity index (χ1) is 9.41. The van der Waals surface area contributed by atoms with E-state index in [0.29, 0.717) is 12.0 Å². The third-order valence-electron chi connectivity index (χ3n) is 4.06. The molecule has 0 radical (unpaired) electrons. The highest BCUT2D eigenvalue weighted by molar-refractivity contribution is 5.55. The lowest BCUT2D eigenvalue weighted by molar-refractivity contribution is -0.384. The second kappa shape index (κ2) is 5.76. The zero-order chi connectivity index (χ0) is 14.8. The summed E-state index contributed by atoms with van der Waals surface area (Å²) in [5.74, 6) is 5.49. The molecule has 20 heavy (non-hydrogen) atoms. The van der Waals surface area contributed by atoms with E-state index < -0.39 is 0 Å². The molecule has 0 saturated carbocycles. The number of nitro benzene ring substituents is 1. The van der Waals surface area contributed by atoms with Gasteiger partial charge in [-0.2, -0.15) is 0 Å². The van der Waals surface area contributed by atoms with E-state index in [9.17, 15) is 10.1 Å². The van der Waals surface area contributed by atoms with Crippen LogP contribution in [0.3, 0.4) is 0 Å². The van der Waals surface area contributed by atoms with Crippen LogP contribution in [-0.2, 0) is 6.54 Å². The molecule has 0 aromatic heterocycles. The van der Waals surface area contributed by atoms with Crippen LogP contribution < -0.4 is 11.3 Å². The summed E-state index contributed by atoms with van der Waals surface area (Å²) in [5.41, 5.74) is 4.75. The number of likely N-dealkylation sites (tertiary alicyclic amines) is 1. The maximum absolute atomic E-state index is 10.9. The zero-order valence-corrected chi connectivity index (χ0v) is 12.1. The Balaban J connectivity index is 2.12. The van der Waals surface area contributed by atoms with Gasteiger partial charge < -0.3 is 5.43 Å². The number of nitrogen functional groups attached to an aromatic ring is 1. The number of rotatable bonds is 4. The number of nitrogens with one attached hydrogen (secondary N) is 1. The minimum absolute atomic E-state index is 0.108. The standard InChI is InChI=1S/C14H22N4O2/c1-14(2)5-7-17(8-6-14)10-11-9-12(18(19)20)3-4-13(11)16-15/h3-4,9,16H,5-8,10,15H2,1-2H3. The smallest absolute Gasteiger partial charge is 0.269 e. The van der Waals surface area contributed by atoms with Crippen LogP contribution in [0.5, 0.6) is 0 Å². The molecular formula is C14H22N4O2. The number of hydrazine groups is 1. The molecule has 2 rings (SSSR count). The molecule has 0 bridgehead atoms. The van der Waals surface area contributed by atoms with E-state index in [-0.39, 0.29) is 10.6 Å². The summed E-state index contributed by atoms with van der Waals surface area (Å²) in [6.07, 6.45) is 2.29. The molecule has 110 valence electrons. The van der Waals surface area contributed by atoms with E-state index in [2.05, 4.69) is 24.2 Å². The molecule has 0 unspecified atom stereocenters. The lowest BCUT2D eigenvalue weighted by Crippen LogP contribution is -2.37. The molecule has 1 fully saturated rings. The number of hydrogen-bond acceptors (Lipinski definition) is 5. The largest absolute Gasteiger partial charge is 0.324 e. The van der Waals surface area contributed by atoms with Crippen molar-refractivity contribution in [2.75, 3.05) is 18.5 Å². The summed E-state index contributed by atoms with van der Waals surface area (Å²) < 4.78 is 0. The van der Waals surface area contributed by atoms with Gasteiger partial charge in [-0.1, -0.05) is 13.8 Å². The summed E-state index contributed by atoms with van der Waals surface area (Å²) in [5, 5.41) is 10.9. The predicted molar refractivity (Wildman–Crippen MR) is 79.2 cm³/mol. The van der Waals surface area contributed by atoms with Crippen LogP contribution in [0.4, 0.5) is 11.4 Å². The Bertz CT molecular complexity index is 492. The maximum atomic E-state index is 10.9. The molecule has 3 N–H and O–H groups in total. The van der Waals surface area contributed by atoms with Crippen LogP contribution in [0.25, 0.3) is 0 Å². The Labute approximate surface area is 119 Å². The van der Waals surface area contributed by atoms with E-state index in [1.165, 1.54) is 6.07 Å². The molecule has 1 aromatic carbocycles. The van der Waals surface area contributed by atoms with Gasteiger partial charge in [0.25, 0.3) is 5.69 Å². The molecule has 0 amide bonds. The van der Waals surface area contributed by atoms with E-state index in [1.807, 2.05) is 0 Å². The molecule has 1 aromatic rings. The highest BCUT2D eigenvalue weighted by atomic mass is 16.6. The molecule has 0 aliphatic carbocycles. The van der Waals surface area contributed by atoms with E-state index in [1.54, 1.807) is 12.1 Å². The Morgan fingerprint density at radius 1 is 1.40 bits per heavy atom. The zero-order valence-electron chi connectivity index (χ0n) is 12.1. The van der Waals surface area contributed by atoms with Crippen molar-refractivity contribution in [3.8, 4) is 0 Å². The number of nitro groups is 1. The number of piperidine rings is 1. The van der Waals surface area contributed by atoms with E-state index in [0.717, 1.165) is 37.2 Å². The second-order valence-corrected chi connectivity index (χ2v) is 6.18. The van der Waals surface area contributed by atoms with Gasteiger partial charge in [0.1, 0.15) is 0 Å². The fraction of sp³-hybridized carbons (Fsp3) is 0.571. The first-order valence-electron chi connectivity index (χ1n) is 6.87.